The average molecular weight is 326 g/mol. The van der Waals surface area contributed by atoms with E-state index in [-0.39, 0.29) is 0 Å². The quantitative estimate of drug-likeness (QED) is 0.328. The van der Waals surface area contributed by atoms with Crippen LogP contribution in [0.15, 0.2) is 0 Å². The smallest absolute Gasteiger partial charge is 0.215 e. The Balaban J connectivity index is 0. The molecule has 0 aromatic heterocycles. The third-order valence-electron chi connectivity index (χ3n) is 3.40. The van der Waals surface area contributed by atoms with Gasteiger partial charge in [0.2, 0.25) is 10.4 Å². The first kappa shape index (κ1) is 23.1. The first-order valence-corrected chi connectivity index (χ1v) is 9.73. The van der Waals surface area contributed by atoms with Gasteiger partial charge in [-0.1, -0.05) is 40.0 Å². The minimum absolute atomic E-state index is 1.36. The highest BCUT2D eigenvalue weighted by atomic mass is 32.3. The molecule has 0 amide bonds. The molecule has 0 spiro atoms. The van der Waals surface area contributed by atoms with Crippen LogP contribution in [0.25, 0.3) is 0 Å². The van der Waals surface area contributed by atoms with Gasteiger partial charge < -0.3 is 9.45 Å². The summed E-state index contributed by atoms with van der Waals surface area (Å²) in [5, 5.41) is 0. The van der Waals surface area contributed by atoms with Gasteiger partial charge in [0.25, 0.3) is 0 Å². The number of unbranched alkanes of at least 4 members (excludes halogenated alkanes) is 6. The van der Waals surface area contributed by atoms with Crippen LogP contribution in [0.1, 0.15) is 78.6 Å². The highest BCUT2D eigenvalue weighted by molar-refractivity contribution is 7.79. The van der Waals surface area contributed by atoms with E-state index in [1.54, 1.807) is 0 Å². The molecule has 0 aromatic rings. The number of hydrogen-bond acceptors (Lipinski definition) is 3. The van der Waals surface area contributed by atoms with Crippen LogP contribution in [-0.4, -0.2) is 37.2 Å². The predicted molar refractivity (Wildman–Crippen MR) is 86.5 cm³/mol. The van der Waals surface area contributed by atoms with Gasteiger partial charge in [-0.15, -0.1) is 0 Å². The van der Waals surface area contributed by atoms with Gasteiger partial charge in [0.15, 0.2) is 0 Å². The lowest BCUT2D eigenvalue weighted by atomic mass is 10.2. The molecule has 0 aliphatic rings. The summed E-state index contributed by atoms with van der Waals surface area (Å²) in [6.07, 6.45) is 12.6. The zero-order chi connectivity index (χ0) is 16.6. The predicted octanol–water partition coefficient (Wildman–Crippen LogP) is 2.45. The SMILES string of the molecule is CCCCC[NH+](CCCCC)CCCCC.O=S(=O)([O-])O. The van der Waals surface area contributed by atoms with Gasteiger partial charge in [0.1, 0.15) is 0 Å². The van der Waals surface area contributed by atoms with Gasteiger partial charge in [-0.3, -0.25) is 4.55 Å². The van der Waals surface area contributed by atoms with Crippen molar-refractivity contribution in [2.45, 2.75) is 78.6 Å². The van der Waals surface area contributed by atoms with Crippen LogP contribution in [0.3, 0.4) is 0 Å². The van der Waals surface area contributed by atoms with E-state index < -0.39 is 10.4 Å². The van der Waals surface area contributed by atoms with Crippen molar-refractivity contribution >= 4 is 10.4 Å². The number of hydrogen-bond donors (Lipinski definition) is 2. The summed E-state index contributed by atoms with van der Waals surface area (Å²) in [5.41, 5.74) is 0. The lowest BCUT2D eigenvalue weighted by Gasteiger charge is -2.19. The van der Waals surface area contributed by atoms with Gasteiger partial charge in [-0.05, 0) is 38.5 Å². The van der Waals surface area contributed by atoms with E-state index in [9.17, 15) is 0 Å². The second-order valence-electron chi connectivity index (χ2n) is 5.55. The first-order chi connectivity index (χ1) is 9.85. The molecule has 0 aliphatic heterocycles. The Morgan fingerprint density at radius 1 is 0.762 bits per heavy atom. The van der Waals surface area contributed by atoms with Crippen molar-refractivity contribution in [2.75, 3.05) is 19.6 Å². The standard InChI is InChI=1S/C15H33N.H2O4S/c1-4-7-10-13-16(14-11-8-5-2)15-12-9-6-3;1-5(2,3)4/h4-15H2,1-3H3;(H2,1,2,3,4). The fourth-order valence-electron chi connectivity index (χ4n) is 2.25. The third kappa shape index (κ3) is 28.7. The molecule has 0 bridgehead atoms. The van der Waals surface area contributed by atoms with Crippen molar-refractivity contribution in [3.05, 3.63) is 0 Å². The molecular formula is C15H35NO4S. The normalized spacial score (nSPS) is 11.3. The summed E-state index contributed by atoms with van der Waals surface area (Å²) < 4.78 is 32.8. The molecule has 0 atom stereocenters. The van der Waals surface area contributed by atoms with E-state index in [4.69, 9.17) is 17.5 Å². The van der Waals surface area contributed by atoms with E-state index in [2.05, 4.69) is 20.8 Å². The maximum atomic E-state index is 8.63. The molecule has 0 aromatic carbocycles. The van der Waals surface area contributed by atoms with E-state index in [0.29, 0.717) is 0 Å². The minimum atomic E-state index is -4.92. The number of quaternary nitrogens is 1. The van der Waals surface area contributed by atoms with Gasteiger partial charge in [0, 0.05) is 0 Å². The largest absolute Gasteiger partial charge is 0.726 e. The monoisotopic (exact) mass is 325 g/mol. The second-order valence-corrected chi connectivity index (χ2v) is 6.40. The fourth-order valence-corrected chi connectivity index (χ4v) is 2.25. The highest BCUT2D eigenvalue weighted by Crippen LogP contribution is 1.94. The van der Waals surface area contributed by atoms with Gasteiger partial charge in [-0.25, -0.2) is 8.42 Å². The maximum absolute atomic E-state index is 8.63. The van der Waals surface area contributed by atoms with Crippen LogP contribution < -0.4 is 4.90 Å². The molecule has 0 aliphatic carbocycles. The molecule has 0 saturated heterocycles. The molecular weight excluding hydrogens is 290 g/mol. The molecule has 0 heterocycles. The van der Waals surface area contributed by atoms with Gasteiger partial charge in [-0.2, -0.15) is 0 Å². The molecule has 21 heavy (non-hydrogen) atoms. The van der Waals surface area contributed by atoms with Crippen molar-refractivity contribution in [1.82, 2.24) is 0 Å². The molecule has 130 valence electrons. The Kier molecular flexibility index (Phi) is 17.8. The van der Waals surface area contributed by atoms with E-state index >= 15 is 0 Å². The zero-order valence-corrected chi connectivity index (χ0v) is 14.9. The summed E-state index contributed by atoms with van der Waals surface area (Å²) in [6.45, 7) is 11.2. The summed E-state index contributed by atoms with van der Waals surface area (Å²) in [5.74, 6) is 0. The van der Waals surface area contributed by atoms with E-state index in [1.807, 2.05) is 4.90 Å². The summed E-state index contributed by atoms with van der Waals surface area (Å²) in [4.78, 5) is 1.87. The Morgan fingerprint density at radius 2 is 1.00 bits per heavy atom. The Bertz CT molecular complexity index is 262. The minimum Gasteiger partial charge on any atom is -0.726 e. The highest BCUT2D eigenvalue weighted by Gasteiger charge is 2.06. The molecule has 2 N–H and O–H groups in total. The summed E-state index contributed by atoms with van der Waals surface area (Å²) >= 11 is 0. The molecule has 0 radical (unpaired) electrons. The molecule has 0 unspecified atom stereocenters. The maximum Gasteiger partial charge on any atom is 0.215 e. The van der Waals surface area contributed by atoms with Crippen molar-refractivity contribution in [3.63, 3.8) is 0 Å². The molecule has 0 saturated carbocycles. The van der Waals surface area contributed by atoms with Crippen LogP contribution in [-0.2, 0) is 10.4 Å². The molecule has 6 heteroatoms. The van der Waals surface area contributed by atoms with Crippen molar-refractivity contribution in [3.8, 4) is 0 Å². The lowest BCUT2D eigenvalue weighted by Crippen LogP contribution is -3.12. The second kappa shape index (κ2) is 16.2. The van der Waals surface area contributed by atoms with Gasteiger partial charge >= 0.3 is 0 Å². The number of nitrogens with one attached hydrogen (secondary N) is 1. The van der Waals surface area contributed by atoms with Crippen LogP contribution >= 0.6 is 0 Å². The Morgan fingerprint density at radius 3 is 1.19 bits per heavy atom. The van der Waals surface area contributed by atoms with Crippen molar-refractivity contribution < 1.29 is 22.4 Å². The summed E-state index contributed by atoms with van der Waals surface area (Å²) in [6, 6.07) is 0. The first-order valence-electron chi connectivity index (χ1n) is 8.36. The zero-order valence-electron chi connectivity index (χ0n) is 14.1. The summed E-state index contributed by atoms with van der Waals surface area (Å²) in [7, 11) is -4.92. The topological polar surface area (TPSA) is 81.9 Å². The van der Waals surface area contributed by atoms with Crippen molar-refractivity contribution in [2.24, 2.45) is 0 Å². The van der Waals surface area contributed by atoms with Crippen LogP contribution in [0.2, 0.25) is 0 Å². The lowest BCUT2D eigenvalue weighted by molar-refractivity contribution is -0.900. The van der Waals surface area contributed by atoms with Crippen molar-refractivity contribution in [1.29, 1.82) is 0 Å². The van der Waals surface area contributed by atoms with Gasteiger partial charge in [0.05, 0.1) is 19.6 Å². The number of rotatable bonds is 12. The Labute approximate surface area is 131 Å². The fraction of sp³-hybridized carbons (Fsp3) is 1.00. The van der Waals surface area contributed by atoms with Crippen LogP contribution in [0.4, 0.5) is 0 Å². The van der Waals surface area contributed by atoms with E-state index in [1.165, 1.54) is 77.4 Å². The molecule has 0 rings (SSSR count). The molecule has 0 fully saturated rings. The van der Waals surface area contributed by atoms with Crippen LogP contribution in [0, 0.1) is 0 Å². The van der Waals surface area contributed by atoms with E-state index in [0.717, 1.165) is 0 Å². The third-order valence-corrected chi connectivity index (χ3v) is 3.40. The Hall–Kier alpha value is -0.170. The molecule has 5 nitrogen and oxygen atoms in total. The average Bonchev–Trinajstić information content (AvgIpc) is 2.37. The van der Waals surface area contributed by atoms with Crippen LogP contribution in [0.5, 0.6) is 0 Å².